The summed E-state index contributed by atoms with van der Waals surface area (Å²) >= 11 is 0. The molecule has 0 fully saturated rings. The van der Waals surface area contributed by atoms with E-state index in [4.69, 9.17) is 8.83 Å². The third-order valence-corrected chi connectivity index (χ3v) is 12.3. The lowest BCUT2D eigenvalue weighted by molar-refractivity contribution is 0.0685. The summed E-state index contributed by atoms with van der Waals surface area (Å²) in [6.45, 7) is 3.54. The Morgan fingerprint density at radius 2 is 0.846 bits per heavy atom. The smallest absolute Gasteiger partial charge is 0.419 e. The van der Waals surface area contributed by atoms with Crippen molar-refractivity contribution >= 4 is 69.3 Å². The van der Waals surface area contributed by atoms with Crippen LogP contribution in [0.5, 0.6) is 0 Å². The normalized spacial score (nSPS) is 11.1. The van der Waals surface area contributed by atoms with Gasteiger partial charge < -0.3 is 40.3 Å². The van der Waals surface area contributed by atoms with Crippen LogP contribution in [0.3, 0.4) is 0 Å². The van der Waals surface area contributed by atoms with Crippen LogP contribution in [-0.2, 0) is 40.3 Å². The van der Waals surface area contributed by atoms with Crippen molar-refractivity contribution in [2.45, 2.75) is 40.0 Å². The number of amides is 4. The van der Waals surface area contributed by atoms with E-state index in [9.17, 15) is 58.2 Å². The zero-order chi connectivity index (χ0) is 55.7. The minimum Gasteiger partial charge on any atom is -0.478 e. The molecular formula is C50H42N14O14. The van der Waals surface area contributed by atoms with E-state index in [0.29, 0.717) is 55.6 Å². The number of hydrogen-bond acceptors (Lipinski definition) is 16. The number of carboxylic acid groups (broad SMARTS) is 2. The summed E-state index contributed by atoms with van der Waals surface area (Å²) in [6, 6.07) is 21.7. The molecule has 6 aromatic heterocycles. The molecule has 0 saturated carbocycles. The van der Waals surface area contributed by atoms with Gasteiger partial charge in [-0.05, 0) is 95.8 Å². The van der Waals surface area contributed by atoms with Gasteiger partial charge in [0.2, 0.25) is 0 Å². The lowest BCUT2D eigenvalue weighted by Gasteiger charge is -2.10. The van der Waals surface area contributed by atoms with Gasteiger partial charge in [-0.25, -0.2) is 57.7 Å². The van der Waals surface area contributed by atoms with Gasteiger partial charge in [-0.1, -0.05) is 36.4 Å². The number of aromatic carboxylic acids is 2. The first-order chi connectivity index (χ1) is 37.2. The molecule has 0 radical (unpaired) electrons. The number of carbonyl (C=O) groups excluding carboxylic acids is 4. The molecule has 0 bridgehead atoms. The maximum Gasteiger partial charge on any atom is 0.419 e. The molecule has 396 valence electrons. The number of aryl methyl sites for hydroxylation is 4. The van der Waals surface area contributed by atoms with Crippen LogP contribution in [0.1, 0.15) is 96.1 Å². The van der Waals surface area contributed by atoms with E-state index in [1.165, 1.54) is 33.4 Å². The van der Waals surface area contributed by atoms with E-state index in [1.807, 2.05) is 0 Å². The fourth-order valence-electron chi connectivity index (χ4n) is 8.20. The lowest BCUT2D eigenvalue weighted by atomic mass is 10.1. The third-order valence-electron chi connectivity index (χ3n) is 12.3. The second-order valence-corrected chi connectivity index (χ2v) is 17.5. The van der Waals surface area contributed by atoms with E-state index in [0.717, 1.165) is 8.80 Å². The highest BCUT2D eigenvalue weighted by molar-refractivity contribution is 5.99. The van der Waals surface area contributed by atoms with Gasteiger partial charge >= 0.3 is 34.8 Å². The number of nitrogens with one attached hydrogen (secondary N) is 6. The van der Waals surface area contributed by atoms with Crippen molar-refractivity contribution in [3.05, 3.63) is 194 Å². The molecule has 8 N–H and O–H groups in total. The van der Waals surface area contributed by atoms with Gasteiger partial charge in [0.25, 0.3) is 35.2 Å². The van der Waals surface area contributed by atoms with Gasteiger partial charge in [-0.2, -0.15) is 0 Å². The maximum atomic E-state index is 13.1. The largest absolute Gasteiger partial charge is 0.478 e. The Hall–Kier alpha value is -11.1. The van der Waals surface area contributed by atoms with Gasteiger partial charge in [-0.3, -0.25) is 28.3 Å². The van der Waals surface area contributed by atoms with E-state index in [-0.39, 0.29) is 71.6 Å². The first-order valence-electron chi connectivity index (χ1n) is 23.2. The number of aromatic amines is 2. The molecule has 0 saturated heterocycles. The maximum absolute atomic E-state index is 13.1. The van der Waals surface area contributed by atoms with Crippen LogP contribution in [-0.4, -0.2) is 94.1 Å². The Morgan fingerprint density at radius 1 is 0.500 bits per heavy atom. The first-order valence-corrected chi connectivity index (χ1v) is 23.2. The summed E-state index contributed by atoms with van der Waals surface area (Å²) in [5, 5.41) is 41.1. The second-order valence-electron chi connectivity index (χ2n) is 17.5. The molecule has 6 heterocycles. The van der Waals surface area contributed by atoms with Gasteiger partial charge in [0.05, 0.1) is 22.2 Å². The van der Waals surface area contributed by atoms with Crippen LogP contribution < -0.4 is 44.2 Å². The van der Waals surface area contributed by atoms with Crippen LogP contribution in [0.4, 0.5) is 0 Å². The molecule has 0 unspecified atom stereocenters. The number of benzene rings is 4. The minimum absolute atomic E-state index is 0.0382. The van der Waals surface area contributed by atoms with Crippen molar-refractivity contribution in [3.63, 3.8) is 0 Å². The molecule has 28 heteroatoms. The predicted octanol–water partition coefficient (Wildman–Crippen LogP) is 1.46. The molecule has 78 heavy (non-hydrogen) atoms. The Labute approximate surface area is 434 Å². The van der Waals surface area contributed by atoms with Crippen LogP contribution in [0.15, 0.2) is 113 Å². The summed E-state index contributed by atoms with van der Waals surface area (Å²) in [4.78, 5) is 131. The Bertz CT molecular complexity index is 4380. The van der Waals surface area contributed by atoms with Crippen molar-refractivity contribution in [2.75, 3.05) is 0 Å². The van der Waals surface area contributed by atoms with Crippen molar-refractivity contribution in [1.29, 1.82) is 0 Å². The zero-order valence-corrected chi connectivity index (χ0v) is 41.3. The van der Waals surface area contributed by atoms with Crippen molar-refractivity contribution < 1.29 is 47.8 Å². The summed E-state index contributed by atoms with van der Waals surface area (Å²) in [5.74, 6) is -6.06. The summed E-state index contributed by atoms with van der Waals surface area (Å²) in [7, 11) is 3.13. The van der Waals surface area contributed by atoms with Gasteiger partial charge in [0.1, 0.15) is 22.8 Å². The van der Waals surface area contributed by atoms with E-state index in [1.54, 1.807) is 88.6 Å². The highest BCUT2D eigenvalue weighted by Crippen LogP contribution is 2.18. The number of aromatic nitrogens is 10. The monoisotopic (exact) mass is 1060 g/mol. The molecule has 10 aromatic rings. The molecular weight excluding hydrogens is 1020 g/mol. The second kappa shape index (κ2) is 21.0. The number of carboxylic acids is 2. The van der Waals surface area contributed by atoms with Crippen molar-refractivity contribution in [1.82, 2.24) is 69.6 Å². The van der Waals surface area contributed by atoms with E-state index in [2.05, 4.69) is 51.6 Å². The van der Waals surface area contributed by atoms with E-state index >= 15 is 0 Å². The molecule has 0 aliphatic heterocycles. The Kier molecular flexibility index (Phi) is 14.0. The number of carbonyl (C=O) groups is 6. The van der Waals surface area contributed by atoms with Crippen LogP contribution in [0.2, 0.25) is 0 Å². The zero-order valence-electron chi connectivity index (χ0n) is 41.3. The van der Waals surface area contributed by atoms with Gasteiger partial charge in [0.15, 0.2) is 11.2 Å². The highest BCUT2D eigenvalue weighted by atomic mass is 16.4. The first kappa shape index (κ1) is 51.8. The summed E-state index contributed by atoms with van der Waals surface area (Å²) < 4.78 is 14.8. The fraction of sp³-hybridized carbons (Fsp3) is 0.160. The van der Waals surface area contributed by atoms with Crippen LogP contribution in [0, 0.1) is 13.8 Å². The number of oxazole rings is 2. The number of fused-ring (bicyclic) bond motifs is 4. The quantitative estimate of drug-likeness (QED) is 0.0764. The number of H-pyrrole nitrogens is 2. The number of rotatable bonds is 14. The van der Waals surface area contributed by atoms with Crippen LogP contribution >= 0.6 is 0 Å². The lowest BCUT2D eigenvalue weighted by Crippen LogP contribution is -2.30. The van der Waals surface area contributed by atoms with Gasteiger partial charge in [-0.15, -0.1) is 10.2 Å². The number of hydrogen-bond donors (Lipinski definition) is 8. The van der Waals surface area contributed by atoms with Gasteiger partial charge in [0, 0.05) is 40.3 Å². The molecule has 28 nitrogen and oxygen atoms in total. The third kappa shape index (κ3) is 10.5. The van der Waals surface area contributed by atoms with E-state index < -0.39 is 58.5 Å². The molecule has 0 aliphatic rings. The molecule has 4 amide bonds. The average Bonchev–Trinajstić information content (AvgIpc) is 4.16. The summed E-state index contributed by atoms with van der Waals surface area (Å²) in [5.41, 5.74) is 3.90. The Balaban J connectivity index is 0.000000190. The molecule has 0 aliphatic carbocycles. The predicted molar refractivity (Wildman–Crippen MR) is 271 cm³/mol. The number of nitrogens with zero attached hydrogens (tertiary/aromatic N) is 8. The SMILES string of the molecule is Cc1cc(CNC(=O)c2cc(C(=O)NCc3ccc4oc(=O)n(C)c4c3)n3c(=O)[nH]nc3n2)ccc1C(=O)O.Cc1cc(CNC(=O)c2cc(C(=O)NCc3ccc4oc(=O)n(C)c4c3)nc3n[nH]c(=O)n23)ccc1C(=O)O. The minimum atomic E-state index is -1.06. The highest BCUT2D eigenvalue weighted by Gasteiger charge is 2.22. The fourth-order valence-corrected chi connectivity index (χ4v) is 8.20. The van der Waals surface area contributed by atoms with Crippen LogP contribution in [0.25, 0.3) is 33.8 Å². The standard InChI is InChI=1S/2C25H21N7O7/c1-12-7-13(3-5-15(12)22(35)36)10-27-21(34)18-9-16(28-23-29-30-24(37)32(18)23)20(33)26-11-14-4-6-19-17(8-14)31(2)25(38)39-19;1-12-7-13(3-5-15(12)22(35)36)10-26-20(33)16-9-18(32-23(28-16)29-30-24(32)37)21(34)27-11-14-4-6-19-17(8-14)31(2)25(38)39-19/h2*3-9H,10-11H2,1-2H3,(H,26,33)(H,27,34)(H,30,37)(H,35,36). The molecule has 10 rings (SSSR count). The molecule has 0 atom stereocenters. The average molecular weight is 1060 g/mol. The molecule has 4 aromatic carbocycles. The van der Waals surface area contributed by atoms with Crippen molar-refractivity contribution in [2.24, 2.45) is 14.1 Å². The Morgan fingerprint density at radius 3 is 1.21 bits per heavy atom. The topological polar surface area (TPSA) is 387 Å². The summed E-state index contributed by atoms with van der Waals surface area (Å²) in [6.07, 6.45) is 0. The van der Waals surface area contributed by atoms with Crippen molar-refractivity contribution in [3.8, 4) is 0 Å². The molecule has 0 spiro atoms.